The van der Waals surface area contributed by atoms with Gasteiger partial charge in [-0.05, 0) is 36.6 Å². The Balaban J connectivity index is 1.64. The fraction of sp³-hybridized carbons (Fsp3) is 0.304. The van der Waals surface area contributed by atoms with Gasteiger partial charge in [0.15, 0.2) is 0 Å². The van der Waals surface area contributed by atoms with Gasteiger partial charge in [0.25, 0.3) is 11.8 Å². The quantitative estimate of drug-likeness (QED) is 0.575. The summed E-state index contributed by atoms with van der Waals surface area (Å²) in [7, 11) is 1.31. The molecule has 2 aromatic rings. The third-order valence-electron chi connectivity index (χ3n) is 5.85. The van der Waals surface area contributed by atoms with Crippen LogP contribution in [0.2, 0.25) is 0 Å². The number of hydrogen-bond acceptors (Lipinski definition) is 5. The molecule has 2 aliphatic heterocycles. The highest BCUT2D eigenvalue weighted by Crippen LogP contribution is 2.34. The van der Waals surface area contributed by atoms with Crippen LogP contribution in [0, 0.1) is 0 Å². The first-order chi connectivity index (χ1) is 14.4. The summed E-state index contributed by atoms with van der Waals surface area (Å²) in [6, 6.07) is 12.7. The molecular formula is C23H22N2O5. The van der Waals surface area contributed by atoms with Crippen LogP contribution in [-0.2, 0) is 20.7 Å². The average molecular weight is 406 g/mol. The molecule has 0 radical (unpaired) electrons. The summed E-state index contributed by atoms with van der Waals surface area (Å²) in [5.41, 5.74) is 2.57. The van der Waals surface area contributed by atoms with Crippen LogP contribution in [0.3, 0.4) is 0 Å². The summed E-state index contributed by atoms with van der Waals surface area (Å²) >= 11 is 0. The Morgan fingerprint density at radius 2 is 1.63 bits per heavy atom. The van der Waals surface area contributed by atoms with E-state index < -0.39 is 29.9 Å². The van der Waals surface area contributed by atoms with E-state index in [0.717, 1.165) is 16.0 Å². The number of nitrogens with zero attached hydrogens (tertiary/aromatic N) is 2. The summed E-state index contributed by atoms with van der Waals surface area (Å²) in [6.45, 7) is 1.95. The van der Waals surface area contributed by atoms with E-state index in [-0.39, 0.29) is 12.3 Å². The maximum atomic E-state index is 13.4. The predicted molar refractivity (Wildman–Crippen MR) is 108 cm³/mol. The van der Waals surface area contributed by atoms with Gasteiger partial charge in [-0.25, -0.2) is 0 Å². The zero-order valence-corrected chi connectivity index (χ0v) is 16.8. The molecule has 2 atom stereocenters. The minimum atomic E-state index is -0.984. The second-order valence-corrected chi connectivity index (χ2v) is 7.48. The van der Waals surface area contributed by atoms with E-state index in [0.29, 0.717) is 24.1 Å². The zero-order valence-electron chi connectivity index (χ0n) is 16.8. The molecule has 0 N–H and O–H groups in total. The van der Waals surface area contributed by atoms with Gasteiger partial charge in [0.05, 0.1) is 30.7 Å². The predicted octanol–water partition coefficient (Wildman–Crippen LogP) is 2.36. The van der Waals surface area contributed by atoms with Crippen molar-refractivity contribution in [3.05, 3.63) is 70.8 Å². The van der Waals surface area contributed by atoms with Crippen LogP contribution in [0.15, 0.2) is 48.5 Å². The number of fused-ring (bicyclic) bond motifs is 2. The Bertz CT molecular complexity index is 1010. The Hall–Kier alpha value is -3.48. The molecule has 0 aromatic heterocycles. The van der Waals surface area contributed by atoms with E-state index in [1.807, 2.05) is 24.3 Å². The Kier molecular flexibility index (Phi) is 5.11. The largest absolute Gasteiger partial charge is 0.469 e. The van der Waals surface area contributed by atoms with Gasteiger partial charge in [-0.2, -0.15) is 0 Å². The van der Waals surface area contributed by atoms with Crippen molar-refractivity contribution in [2.24, 2.45) is 0 Å². The van der Waals surface area contributed by atoms with E-state index in [4.69, 9.17) is 4.74 Å². The SMILES string of the molecule is COC(=O)CC1c2ccccc2CCN1C(=O)[C@H](C)N1C(=O)c2ccccc2C1=O. The van der Waals surface area contributed by atoms with Crippen LogP contribution in [0.25, 0.3) is 0 Å². The highest BCUT2D eigenvalue weighted by Gasteiger charge is 2.43. The lowest BCUT2D eigenvalue weighted by atomic mass is 9.90. The second kappa shape index (κ2) is 7.74. The lowest BCUT2D eigenvalue weighted by molar-refractivity contribution is -0.145. The fourth-order valence-electron chi connectivity index (χ4n) is 4.29. The molecule has 0 spiro atoms. The molecule has 154 valence electrons. The summed E-state index contributed by atoms with van der Waals surface area (Å²) in [4.78, 5) is 53.7. The minimum Gasteiger partial charge on any atom is -0.469 e. The van der Waals surface area contributed by atoms with Gasteiger partial charge < -0.3 is 9.64 Å². The molecule has 1 unspecified atom stereocenters. The van der Waals surface area contributed by atoms with Gasteiger partial charge in [0, 0.05) is 6.54 Å². The van der Waals surface area contributed by atoms with Crippen LogP contribution in [0.1, 0.15) is 51.2 Å². The summed E-state index contributed by atoms with van der Waals surface area (Å²) in [5, 5.41) is 0. The first-order valence-corrected chi connectivity index (χ1v) is 9.86. The summed E-state index contributed by atoms with van der Waals surface area (Å²) < 4.78 is 4.84. The number of methoxy groups -OCH3 is 1. The van der Waals surface area contributed by atoms with Gasteiger partial charge >= 0.3 is 5.97 Å². The van der Waals surface area contributed by atoms with Crippen molar-refractivity contribution in [1.82, 2.24) is 9.80 Å². The number of carbonyl (C=O) groups is 4. The van der Waals surface area contributed by atoms with Crippen LogP contribution < -0.4 is 0 Å². The Labute approximate surface area is 174 Å². The third kappa shape index (κ3) is 3.16. The number of benzene rings is 2. The molecule has 0 aliphatic carbocycles. The maximum Gasteiger partial charge on any atom is 0.307 e. The Morgan fingerprint density at radius 1 is 1.03 bits per heavy atom. The van der Waals surface area contributed by atoms with Crippen LogP contribution in [-0.4, -0.2) is 53.2 Å². The van der Waals surface area contributed by atoms with E-state index in [2.05, 4.69) is 0 Å². The number of esters is 1. The molecule has 0 fully saturated rings. The molecule has 2 aliphatic rings. The summed E-state index contributed by atoms with van der Waals surface area (Å²) in [6.07, 6.45) is 0.641. The van der Waals surface area contributed by atoms with Crippen LogP contribution >= 0.6 is 0 Å². The molecule has 30 heavy (non-hydrogen) atoms. The van der Waals surface area contributed by atoms with Crippen LogP contribution in [0.4, 0.5) is 0 Å². The molecular weight excluding hydrogens is 384 g/mol. The minimum absolute atomic E-state index is 0.00803. The lowest BCUT2D eigenvalue weighted by Crippen LogP contribution is -2.52. The first-order valence-electron chi connectivity index (χ1n) is 9.86. The third-order valence-corrected chi connectivity index (χ3v) is 5.85. The highest BCUT2D eigenvalue weighted by molar-refractivity contribution is 6.22. The normalized spacial score (nSPS) is 18.7. The standard InChI is InChI=1S/C23H22N2O5/c1-14(25-22(28)17-9-5-6-10-18(17)23(25)29)21(27)24-12-11-15-7-3-4-8-16(15)19(24)13-20(26)30-2/h3-10,14,19H,11-13H2,1-2H3/t14-,19?/m0/s1. The van der Waals surface area contributed by atoms with Crippen LogP contribution in [0.5, 0.6) is 0 Å². The number of hydrogen-bond donors (Lipinski definition) is 0. The number of imide groups is 1. The Morgan fingerprint density at radius 3 is 2.27 bits per heavy atom. The number of rotatable bonds is 4. The molecule has 3 amide bonds. The highest BCUT2D eigenvalue weighted by atomic mass is 16.5. The summed E-state index contributed by atoms with van der Waals surface area (Å²) in [5.74, 6) is -1.74. The maximum absolute atomic E-state index is 13.4. The topological polar surface area (TPSA) is 84.0 Å². The number of amides is 3. The van der Waals surface area contributed by atoms with Crippen molar-refractivity contribution < 1.29 is 23.9 Å². The van der Waals surface area contributed by atoms with Crippen molar-refractivity contribution in [3.63, 3.8) is 0 Å². The molecule has 0 saturated heterocycles. The van der Waals surface area contributed by atoms with E-state index in [1.54, 1.807) is 36.1 Å². The van der Waals surface area contributed by atoms with Gasteiger partial charge in [-0.3, -0.25) is 24.1 Å². The molecule has 0 saturated carbocycles. The van der Waals surface area contributed by atoms with E-state index >= 15 is 0 Å². The van der Waals surface area contributed by atoms with Crippen molar-refractivity contribution >= 4 is 23.7 Å². The van der Waals surface area contributed by atoms with Gasteiger partial charge in [-0.1, -0.05) is 36.4 Å². The zero-order chi connectivity index (χ0) is 21.4. The van der Waals surface area contributed by atoms with Crippen molar-refractivity contribution in [2.45, 2.75) is 31.8 Å². The first kappa shape index (κ1) is 19.8. The average Bonchev–Trinajstić information content (AvgIpc) is 3.03. The van der Waals surface area contributed by atoms with Gasteiger partial charge in [-0.15, -0.1) is 0 Å². The molecule has 4 rings (SSSR count). The monoisotopic (exact) mass is 406 g/mol. The molecule has 7 nitrogen and oxygen atoms in total. The molecule has 2 aromatic carbocycles. The van der Waals surface area contributed by atoms with Gasteiger partial charge in [0.1, 0.15) is 6.04 Å². The molecule has 2 heterocycles. The van der Waals surface area contributed by atoms with E-state index in [9.17, 15) is 19.2 Å². The van der Waals surface area contributed by atoms with Crippen molar-refractivity contribution in [2.75, 3.05) is 13.7 Å². The molecule has 7 heteroatoms. The van der Waals surface area contributed by atoms with Gasteiger partial charge in [0.2, 0.25) is 5.91 Å². The van der Waals surface area contributed by atoms with E-state index in [1.165, 1.54) is 7.11 Å². The van der Waals surface area contributed by atoms with Crippen molar-refractivity contribution in [3.8, 4) is 0 Å². The fourth-order valence-corrected chi connectivity index (χ4v) is 4.29. The number of ether oxygens (including phenoxy) is 1. The van der Waals surface area contributed by atoms with Crippen molar-refractivity contribution in [1.29, 1.82) is 0 Å². The lowest BCUT2D eigenvalue weighted by Gasteiger charge is -2.39. The molecule has 0 bridgehead atoms. The number of carbonyl (C=O) groups excluding carboxylic acids is 4. The smallest absolute Gasteiger partial charge is 0.307 e. The second-order valence-electron chi connectivity index (χ2n) is 7.48.